The highest BCUT2D eigenvalue weighted by atomic mass is 16.5. The predicted octanol–water partition coefficient (Wildman–Crippen LogP) is 2.08. The minimum absolute atomic E-state index is 0.379. The number of nitrogens with zero attached hydrogens (tertiary/aromatic N) is 1. The molecule has 0 N–H and O–H groups in total. The normalized spacial score (nSPS) is 13.7. The third-order valence-electron chi connectivity index (χ3n) is 2.26. The van der Waals surface area contributed by atoms with Crippen LogP contribution in [0.25, 0.3) is 4.85 Å². The van der Waals surface area contributed by atoms with Crippen molar-refractivity contribution in [1.29, 1.82) is 0 Å². The molecule has 0 saturated carbocycles. The van der Waals surface area contributed by atoms with Gasteiger partial charge in [0.2, 0.25) is 0 Å². The lowest BCUT2D eigenvalue weighted by atomic mass is 9.94. The van der Waals surface area contributed by atoms with Crippen molar-refractivity contribution in [2.24, 2.45) is 0 Å². The van der Waals surface area contributed by atoms with E-state index in [2.05, 4.69) is 9.58 Å². The highest BCUT2D eigenvalue weighted by molar-refractivity contribution is 5.82. The van der Waals surface area contributed by atoms with Gasteiger partial charge in [-0.2, -0.15) is 0 Å². The van der Waals surface area contributed by atoms with E-state index < -0.39 is 11.5 Å². The molecule has 0 radical (unpaired) electrons. The summed E-state index contributed by atoms with van der Waals surface area (Å²) in [6.07, 6.45) is 0.379. The Morgan fingerprint density at radius 1 is 1.47 bits per heavy atom. The van der Waals surface area contributed by atoms with E-state index in [-0.39, 0.29) is 0 Å². The Balaban J connectivity index is 2.88. The van der Waals surface area contributed by atoms with Crippen molar-refractivity contribution in [3.05, 3.63) is 47.3 Å². The van der Waals surface area contributed by atoms with Gasteiger partial charge in [-0.05, 0) is 5.56 Å². The van der Waals surface area contributed by atoms with E-state index in [4.69, 9.17) is 6.57 Å². The molecule has 1 aromatic carbocycles. The lowest BCUT2D eigenvalue weighted by Crippen LogP contribution is -2.35. The molecule has 0 aliphatic carbocycles. The molecule has 0 amide bonds. The molecule has 0 fully saturated rings. The highest BCUT2D eigenvalue weighted by Crippen LogP contribution is 2.19. The van der Waals surface area contributed by atoms with Crippen LogP contribution in [0.5, 0.6) is 0 Å². The molecule has 3 heteroatoms. The average Bonchev–Trinajstić information content (AvgIpc) is 2.29. The predicted molar refractivity (Wildman–Crippen MR) is 57.2 cm³/mol. The van der Waals surface area contributed by atoms with Gasteiger partial charge >= 0.3 is 11.5 Å². The van der Waals surface area contributed by atoms with Crippen molar-refractivity contribution in [1.82, 2.24) is 0 Å². The zero-order chi connectivity index (χ0) is 11.3. The van der Waals surface area contributed by atoms with Gasteiger partial charge in [-0.3, -0.25) is 4.85 Å². The summed E-state index contributed by atoms with van der Waals surface area (Å²) in [5.74, 6) is -0.485. The molecule has 1 aromatic rings. The van der Waals surface area contributed by atoms with Crippen molar-refractivity contribution in [2.75, 3.05) is 7.11 Å². The van der Waals surface area contributed by atoms with Crippen molar-refractivity contribution < 1.29 is 9.53 Å². The van der Waals surface area contributed by atoms with Crippen LogP contribution < -0.4 is 0 Å². The van der Waals surface area contributed by atoms with Crippen LogP contribution in [-0.4, -0.2) is 18.6 Å². The zero-order valence-electron chi connectivity index (χ0n) is 8.86. The first kappa shape index (κ1) is 11.3. The Morgan fingerprint density at radius 2 is 2.07 bits per heavy atom. The van der Waals surface area contributed by atoms with Crippen LogP contribution in [0.15, 0.2) is 30.3 Å². The number of methoxy groups -OCH3 is 1. The van der Waals surface area contributed by atoms with E-state index in [0.717, 1.165) is 5.56 Å². The van der Waals surface area contributed by atoms with Crippen LogP contribution in [0.4, 0.5) is 0 Å². The fourth-order valence-electron chi connectivity index (χ4n) is 1.37. The third-order valence-corrected chi connectivity index (χ3v) is 2.26. The quantitative estimate of drug-likeness (QED) is 0.556. The molecule has 1 rings (SSSR count). The van der Waals surface area contributed by atoms with Gasteiger partial charge in [-0.15, -0.1) is 0 Å². The first-order valence-corrected chi connectivity index (χ1v) is 4.63. The van der Waals surface area contributed by atoms with Crippen LogP contribution >= 0.6 is 0 Å². The van der Waals surface area contributed by atoms with Crippen LogP contribution in [0.2, 0.25) is 0 Å². The maximum absolute atomic E-state index is 11.4. The molecule has 0 heterocycles. The molecule has 0 aliphatic heterocycles. The number of hydrogen-bond donors (Lipinski definition) is 0. The number of esters is 1. The smallest absolute Gasteiger partial charge is 0.393 e. The van der Waals surface area contributed by atoms with Gasteiger partial charge in [0.05, 0.1) is 13.5 Å². The van der Waals surface area contributed by atoms with Crippen LogP contribution in [0.3, 0.4) is 0 Å². The standard InChI is InChI=1S/C12H13NO2/c1-12(13-2,11(14)15-3)9-10-7-5-4-6-8-10/h4-8H,9H2,1,3H3. The fourth-order valence-corrected chi connectivity index (χ4v) is 1.37. The summed E-state index contributed by atoms with van der Waals surface area (Å²) in [7, 11) is 1.30. The first-order chi connectivity index (χ1) is 7.12. The second-order valence-electron chi connectivity index (χ2n) is 3.54. The van der Waals surface area contributed by atoms with E-state index in [1.54, 1.807) is 6.92 Å². The van der Waals surface area contributed by atoms with E-state index in [0.29, 0.717) is 6.42 Å². The Morgan fingerprint density at radius 3 is 2.53 bits per heavy atom. The van der Waals surface area contributed by atoms with E-state index in [9.17, 15) is 4.79 Å². The number of carbonyl (C=O) groups is 1. The van der Waals surface area contributed by atoms with Gasteiger partial charge in [-0.25, -0.2) is 11.4 Å². The maximum Gasteiger partial charge on any atom is 0.393 e. The molecule has 78 valence electrons. The second kappa shape index (κ2) is 4.61. The van der Waals surface area contributed by atoms with E-state index >= 15 is 0 Å². The summed E-state index contributed by atoms with van der Waals surface area (Å²) in [4.78, 5) is 14.8. The van der Waals surface area contributed by atoms with Gasteiger partial charge in [0, 0.05) is 6.92 Å². The summed E-state index contributed by atoms with van der Waals surface area (Å²) in [5, 5.41) is 0. The SMILES string of the molecule is [C-]#[N+]C(C)(Cc1ccccc1)C(=O)OC. The zero-order valence-corrected chi connectivity index (χ0v) is 8.86. The minimum Gasteiger partial charge on any atom is -0.463 e. The summed E-state index contributed by atoms with van der Waals surface area (Å²) in [5.41, 5.74) is -0.155. The van der Waals surface area contributed by atoms with Gasteiger partial charge in [-0.1, -0.05) is 30.3 Å². The third kappa shape index (κ3) is 2.57. The number of hydrogen-bond acceptors (Lipinski definition) is 2. The highest BCUT2D eigenvalue weighted by Gasteiger charge is 2.41. The van der Waals surface area contributed by atoms with E-state index in [1.165, 1.54) is 7.11 Å². The Labute approximate surface area is 89.5 Å². The molecule has 0 aliphatic rings. The molecule has 1 unspecified atom stereocenters. The average molecular weight is 203 g/mol. The lowest BCUT2D eigenvalue weighted by Gasteiger charge is -2.13. The minimum atomic E-state index is -1.11. The lowest BCUT2D eigenvalue weighted by molar-refractivity contribution is -0.144. The molecule has 0 saturated heterocycles. The number of ether oxygens (including phenoxy) is 1. The topological polar surface area (TPSA) is 30.7 Å². The number of benzene rings is 1. The maximum atomic E-state index is 11.4. The van der Waals surface area contributed by atoms with Gasteiger partial charge in [0.15, 0.2) is 0 Å². The molecule has 0 spiro atoms. The van der Waals surface area contributed by atoms with Crippen LogP contribution in [0, 0.1) is 6.57 Å². The van der Waals surface area contributed by atoms with Crippen LogP contribution in [0.1, 0.15) is 12.5 Å². The molecule has 3 nitrogen and oxygen atoms in total. The van der Waals surface area contributed by atoms with Gasteiger partial charge in [0.1, 0.15) is 0 Å². The number of carbonyl (C=O) groups excluding carboxylic acids is 1. The Bertz CT molecular complexity index is 380. The van der Waals surface area contributed by atoms with Crippen molar-refractivity contribution in [2.45, 2.75) is 18.9 Å². The van der Waals surface area contributed by atoms with Crippen LogP contribution in [-0.2, 0) is 16.0 Å². The summed E-state index contributed by atoms with van der Waals surface area (Å²) >= 11 is 0. The fraction of sp³-hybridized carbons (Fsp3) is 0.333. The summed E-state index contributed by atoms with van der Waals surface area (Å²) < 4.78 is 4.63. The van der Waals surface area contributed by atoms with Crippen molar-refractivity contribution in [3.63, 3.8) is 0 Å². The van der Waals surface area contributed by atoms with Gasteiger partial charge < -0.3 is 4.74 Å². The molecular formula is C12H13NO2. The molecule has 15 heavy (non-hydrogen) atoms. The Kier molecular flexibility index (Phi) is 3.46. The summed E-state index contributed by atoms with van der Waals surface area (Å²) in [6.45, 7) is 8.66. The molecule has 0 aromatic heterocycles. The number of rotatable bonds is 3. The largest absolute Gasteiger partial charge is 0.463 e. The molecule has 0 bridgehead atoms. The monoisotopic (exact) mass is 203 g/mol. The second-order valence-corrected chi connectivity index (χ2v) is 3.54. The van der Waals surface area contributed by atoms with Gasteiger partial charge in [0.25, 0.3) is 0 Å². The van der Waals surface area contributed by atoms with Crippen molar-refractivity contribution >= 4 is 5.97 Å². The molecular weight excluding hydrogens is 190 g/mol. The van der Waals surface area contributed by atoms with E-state index in [1.807, 2.05) is 30.3 Å². The first-order valence-electron chi connectivity index (χ1n) is 4.63. The molecule has 1 atom stereocenters. The Hall–Kier alpha value is -1.82. The summed E-state index contributed by atoms with van der Waals surface area (Å²) in [6, 6.07) is 9.46. The van der Waals surface area contributed by atoms with Crippen molar-refractivity contribution in [3.8, 4) is 0 Å².